The lowest BCUT2D eigenvalue weighted by Gasteiger charge is -2.32. The lowest BCUT2D eigenvalue weighted by Crippen LogP contribution is -2.58. The molecule has 1 heterocycles. The lowest BCUT2D eigenvalue weighted by atomic mass is 9.85. The molecule has 1 aromatic carbocycles. The van der Waals surface area contributed by atoms with Crippen LogP contribution < -0.4 is 21.7 Å². The second-order valence-corrected chi connectivity index (χ2v) is 10.3. The first-order chi connectivity index (χ1) is 17.4. The summed E-state index contributed by atoms with van der Waals surface area (Å²) in [6, 6.07) is 8.78. The summed E-state index contributed by atoms with van der Waals surface area (Å²) in [7, 11) is 0. The Labute approximate surface area is 218 Å². The molecule has 0 radical (unpaired) electrons. The van der Waals surface area contributed by atoms with E-state index in [1.165, 1.54) is 0 Å². The predicted molar refractivity (Wildman–Crippen MR) is 143 cm³/mol. The number of H-pyrrole nitrogens is 1. The highest BCUT2D eigenvalue weighted by atomic mass is 16.2. The molecule has 9 nitrogen and oxygen atoms in total. The molecule has 37 heavy (non-hydrogen) atoms. The van der Waals surface area contributed by atoms with Gasteiger partial charge in [0.25, 0.3) is 5.91 Å². The number of carbonyl (C=O) groups excluding carboxylic acids is 4. The highest BCUT2D eigenvalue weighted by Crippen LogP contribution is 2.20. The molecule has 2 rings (SSSR count). The third kappa shape index (κ3) is 9.59. The number of nitrogens with two attached hydrogens (primary N) is 1. The van der Waals surface area contributed by atoms with Gasteiger partial charge in [0.2, 0.25) is 17.7 Å². The minimum absolute atomic E-state index is 0.112. The van der Waals surface area contributed by atoms with Crippen LogP contribution in [0, 0.1) is 12.3 Å². The summed E-state index contributed by atoms with van der Waals surface area (Å²) in [5.74, 6) is -1.75. The predicted octanol–water partition coefficient (Wildman–Crippen LogP) is 2.52. The maximum Gasteiger partial charge on any atom is 0.268 e. The summed E-state index contributed by atoms with van der Waals surface area (Å²) in [6.07, 6.45) is 5.89. The Kier molecular flexibility index (Phi) is 10.7. The molecule has 3 atom stereocenters. The molecule has 0 aliphatic rings. The molecule has 0 aliphatic carbocycles. The Morgan fingerprint density at radius 1 is 1.00 bits per heavy atom. The molecule has 4 amide bonds. The number of rotatable bonds is 12. The quantitative estimate of drug-likeness (QED) is 0.280. The summed E-state index contributed by atoms with van der Waals surface area (Å²) in [6.45, 7) is 9.31. The number of hydrogen-bond acceptors (Lipinski definition) is 4. The number of benzene rings is 1. The van der Waals surface area contributed by atoms with Gasteiger partial charge in [-0.3, -0.25) is 19.2 Å². The number of aryl methyl sites for hydroxylation is 1. The van der Waals surface area contributed by atoms with Gasteiger partial charge in [-0.2, -0.15) is 0 Å². The zero-order valence-electron chi connectivity index (χ0n) is 22.3. The molecular weight excluding hydrogens is 470 g/mol. The van der Waals surface area contributed by atoms with Gasteiger partial charge in [0, 0.05) is 25.1 Å². The largest absolute Gasteiger partial charge is 0.370 e. The molecule has 1 aromatic heterocycles. The van der Waals surface area contributed by atoms with E-state index in [2.05, 4.69) is 20.9 Å². The van der Waals surface area contributed by atoms with E-state index in [0.717, 1.165) is 11.1 Å². The molecule has 6 N–H and O–H groups in total. The summed E-state index contributed by atoms with van der Waals surface area (Å²) in [4.78, 5) is 53.7. The molecule has 0 bridgehead atoms. The van der Waals surface area contributed by atoms with Gasteiger partial charge in [-0.05, 0) is 43.4 Å². The molecule has 2 aromatic rings. The molecule has 0 saturated carbocycles. The standard InChI is InChI=1S/C28H39N5O4/c1-6-8-20(14-15-23(29)34)31-26(36)22(17-19-12-10-18(2)11-13-19)32-27(37)24(28(3,4)5)33-25(35)21-9-7-16-30-21/h6-13,16,20,22,24,30H,14-15,17H2,1-5H3,(H2,29,34)(H,31,36)(H,32,37)(H,33,35)/b8-6+. The molecular formula is C28H39N5O4. The highest BCUT2D eigenvalue weighted by Gasteiger charge is 2.35. The average molecular weight is 510 g/mol. The third-order valence-corrected chi connectivity index (χ3v) is 5.89. The fourth-order valence-electron chi connectivity index (χ4n) is 3.81. The van der Waals surface area contributed by atoms with Gasteiger partial charge in [0.05, 0.1) is 0 Å². The first-order valence-electron chi connectivity index (χ1n) is 12.4. The monoisotopic (exact) mass is 509 g/mol. The molecule has 9 heteroatoms. The number of hydrogen-bond donors (Lipinski definition) is 5. The van der Waals surface area contributed by atoms with E-state index >= 15 is 0 Å². The fourth-order valence-corrected chi connectivity index (χ4v) is 3.81. The van der Waals surface area contributed by atoms with Gasteiger partial charge in [-0.15, -0.1) is 0 Å². The zero-order chi connectivity index (χ0) is 27.6. The lowest BCUT2D eigenvalue weighted by molar-refractivity contribution is -0.131. The van der Waals surface area contributed by atoms with Crippen LogP contribution in [0.1, 0.15) is 62.2 Å². The molecule has 0 fully saturated rings. The normalized spacial score (nSPS) is 14.0. The Morgan fingerprint density at radius 2 is 1.68 bits per heavy atom. The van der Waals surface area contributed by atoms with Crippen molar-refractivity contribution >= 4 is 23.6 Å². The Bertz CT molecular complexity index is 1080. The Balaban J connectivity index is 2.27. The minimum Gasteiger partial charge on any atom is -0.370 e. The summed E-state index contributed by atoms with van der Waals surface area (Å²) < 4.78 is 0. The van der Waals surface area contributed by atoms with Crippen molar-refractivity contribution in [1.29, 1.82) is 0 Å². The van der Waals surface area contributed by atoms with E-state index in [4.69, 9.17) is 5.73 Å². The fraction of sp³-hybridized carbons (Fsp3) is 0.429. The minimum atomic E-state index is -0.913. The average Bonchev–Trinajstić information content (AvgIpc) is 3.36. The van der Waals surface area contributed by atoms with Crippen molar-refractivity contribution < 1.29 is 19.2 Å². The van der Waals surface area contributed by atoms with Crippen LogP contribution in [0.4, 0.5) is 0 Å². The van der Waals surface area contributed by atoms with Crippen LogP contribution in [-0.2, 0) is 20.8 Å². The van der Waals surface area contributed by atoms with Gasteiger partial charge in [0.15, 0.2) is 0 Å². The van der Waals surface area contributed by atoms with Crippen molar-refractivity contribution in [1.82, 2.24) is 20.9 Å². The van der Waals surface area contributed by atoms with Crippen LogP contribution >= 0.6 is 0 Å². The SMILES string of the molecule is C/C=C/C(CCC(N)=O)NC(=O)C(Cc1ccc(C)cc1)NC(=O)C(NC(=O)c1ccc[nH]1)C(C)(C)C. The van der Waals surface area contributed by atoms with Gasteiger partial charge < -0.3 is 26.7 Å². The molecule has 0 spiro atoms. The topological polar surface area (TPSA) is 146 Å². The highest BCUT2D eigenvalue weighted by molar-refractivity contribution is 5.97. The summed E-state index contributed by atoms with van der Waals surface area (Å²) in [5.41, 5.74) is 6.93. The van der Waals surface area contributed by atoms with Crippen molar-refractivity contribution in [2.24, 2.45) is 11.1 Å². The number of allylic oxidation sites excluding steroid dienone is 1. The van der Waals surface area contributed by atoms with Crippen LogP contribution in [0.15, 0.2) is 54.7 Å². The molecule has 3 unspecified atom stereocenters. The second kappa shape index (κ2) is 13.4. The molecule has 200 valence electrons. The number of aromatic nitrogens is 1. The van der Waals surface area contributed by atoms with E-state index in [1.807, 2.05) is 58.9 Å². The van der Waals surface area contributed by atoms with Gasteiger partial charge in [-0.1, -0.05) is 62.8 Å². The van der Waals surface area contributed by atoms with E-state index < -0.39 is 47.2 Å². The number of aromatic amines is 1. The van der Waals surface area contributed by atoms with E-state index in [0.29, 0.717) is 12.1 Å². The van der Waals surface area contributed by atoms with Crippen molar-refractivity contribution in [3.63, 3.8) is 0 Å². The third-order valence-electron chi connectivity index (χ3n) is 5.89. The first-order valence-corrected chi connectivity index (χ1v) is 12.4. The van der Waals surface area contributed by atoms with Crippen LogP contribution in [0.25, 0.3) is 0 Å². The summed E-state index contributed by atoms with van der Waals surface area (Å²) >= 11 is 0. The number of nitrogens with one attached hydrogen (secondary N) is 4. The van der Waals surface area contributed by atoms with Gasteiger partial charge >= 0.3 is 0 Å². The number of primary amides is 1. The van der Waals surface area contributed by atoms with Crippen LogP contribution in [0.2, 0.25) is 0 Å². The van der Waals surface area contributed by atoms with Crippen molar-refractivity contribution in [2.45, 2.75) is 72.0 Å². The number of carbonyl (C=O) groups is 4. The van der Waals surface area contributed by atoms with Gasteiger partial charge in [-0.25, -0.2) is 0 Å². The Morgan fingerprint density at radius 3 is 2.22 bits per heavy atom. The van der Waals surface area contributed by atoms with E-state index in [-0.39, 0.29) is 12.8 Å². The second-order valence-electron chi connectivity index (χ2n) is 10.3. The van der Waals surface area contributed by atoms with Crippen LogP contribution in [0.5, 0.6) is 0 Å². The van der Waals surface area contributed by atoms with Crippen molar-refractivity contribution in [3.05, 3.63) is 71.6 Å². The maximum atomic E-state index is 13.5. The van der Waals surface area contributed by atoms with Gasteiger partial charge in [0.1, 0.15) is 17.8 Å². The summed E-state index contributed by atoms with van der Waals surface area (Å²) in [5, 5.41) is 8.56. The maximum absolute atomic E-state index is 13.5. The van der Waals surface area contributed by atoms with Crippen LogP contribution in [-0.4, -0.2) is 46.7 Å². The van der Waals surface area contributed by atoms with Crippen molar-refractivity contribution in [2.75, 3.05) is 0 Å². The Hall–Kier alpha value is -3.88. The number of amides is 4. The molecule has 0 saturated heterocycles. The van der Waals surface area contributed by atoms with Crippen LogP contribution in [0.3, 0.4) is 0 Å². The van der Waals surface area contributed by atoms with Crippen molar-refractivity contribution in [3.8, 4) is 0 Å². The van der Waals surface area contributed by atoms with E-state index in [9.17, 15) is 19.2 Å². The smallest absolute Gasteiger partial charge is 0.268 e. The molecule has 0 aliphatic heterocycles. The van der Waals surface area contributed by atoms with E-state index in [1.54, 1.807) is 30.5 Å². The first kappa shape index (κ1) is 29.4. The zero-order valence-corrected chi connectivity index (χ0v) is 22.3.